The first-order chi connectivity index (χ1) is 16.2. The van der Waals surface area contributed by atoms with Crippen LogP contribution in [0.2, 0.25) is 10.0 Å². The van der Waals surface area contributed by atoms with Crippen LogP contribution >= 0.6 is 23.2 Å². The van der Waals surface area contributed by atoms with E-state index >= 15 is 0 Å². The Morgan fingerprint density at radius 2 is 1.71 bits per heavy atom. The summed E-state index contributed by atoms with van der Waals surface area (Å²) in [4.78, 5) is 27.0. The second kappa shape index (κ2) is 11.5. The van der Waals surface area contributed by atoms with Gasteiger partial charge in [0.2, 0.25) is 21.8 Å². The van der Waals surface area contributed by atoms with Crippen LogP contribution in [0.15, 0.2) is 42.5 Å². The second-order valence-electron chi connectivity index (χ2n) is 7.62. The quantitative estimate of drug-likeness (QED) is 0.500. The van der Waals surface area contributed by atoms with Crippen molar-refractivity contribution in [1.82, 2.24) is 10.2 Å². The van der Waals surface area contributed by atoms with Gasteiger partial charge in [-0.15, -0.1) is 0 Å². The van der Waals surface area contributed by atoms with E-state index in [2.05, 4.69) is 5.32 Å². The third kappa shape index (κ3) is 7.49. The van der Waals surface area contributed by atoms with Gasteiger partial charge < -0.3 is 10.2 Å². The van der Waals surface area contributed by atoms with Crippen LogP contribution in [-0.2, 0) is 32.3 Å². The zero-order chi connectivity index (χ0) is 26.6. The molecule has 1 N–H and O–H groups in total. The maximum Gasteiger partial charge on any atom is 0.417 e. The number of halogens is 5. The number of nitrogens with one attached hydrogen (secondary N) is 1. The topological polar surface area (TPSA) is 86.8 Å². The summed E-state index contributed by atoms with van der Waals surface area (Å²) >= 11 is 11.9. The van der Waals surface area contributed by atoms with Gasteiger partial charge in [0, 0.05) is 18.1 Å². The number of sulfonamides is 1. The van der Waals surface area contributed by atoms with Crippen molar-refractivity contribution in [2.75, 3.05) is 23.7 Å². The Morgan fingerprint density at radius 3 is 2.26 bits per heavy atom. The van der Waals surface area contributed by atoms with Crippen LogP contribution in [0.4, 0.5) is 18.9 Å². The van der Waals surface area contributed by atoms with Crippen molar-refractivity contribution in [3.8, 4) is 0 Å². The maximum absolute atomic E-state index is 13.3. The molecule has 0 saturated carbocycles. The van der Waals surface area contributed by atoms with Gasteiger partial charge in [0.05, 0.1) is 22.5 Å². The Balaban J connectivity index is 2.49. The summed E-state index contributed by atoms with van der Waals surface area (Å²) in [6, 6.07) is 8.07. The summed E-state index contributed by atoms with van der Waals surface area (Å²) in [6.45, 7) is 2.44. The van der Waals surface area contributed by atoms with E-state index in [-0.39, 0.29) is 13.1 Å². The lowest BCUT2D eigenvalue weighted by atomic mass is 10.1. The van der Waals surface area contributed by atoms with Crippen LogP contribution in [0, 0.1) is 0 Å². The van der Waals surface area contributed by atoms with Gasteiger partial charge in [-0.3, -0.25) is 13.9 Å². The zero-order valence-corrected chi connectivity index (χ0v) is 21.4. The Kier molecular flexibility index (Phi) is 9.43. The van der Waals surface area contributed by atoms with Crippen molar-refractivity contribution in [3.63, 3.8) is 0 Å². The first-order valence-corrected chi connectivity index (χ1v) is 12.9. The number of rotatable bonds is 9. The molecule has 192 valence electrons. The van der Waals surface area contributed by atoms with Crippen LogP contribution in [0.1, 0.15) is 25.0 Å². The Bertz CT molecular complexity index is 1190. The molecule has 0 heterocycles. The molecule has 0 aliphatic heterocycles. The van der Waals surface area contributed by atoms with Gasteiger partial charge in [0.25, 0.3) is 0 Å². The number of carbonyl (C=O) groups excluding carboxylic acids is 2. The van der Waals surface area contributed by atoms with Gasteiger partial charge in [-0.1, -0.05) is 41.4 Å². The average Bonchev–Trinajstić information content (AvgIpc) is 2.75. The van der Waals surface area contributed by atoms with E-state index in [1.807, 2.05) is 0 Å². The van der Waals surface area contributed by atoms with Gasteiger partial charge in [-0.05, 0) is 43.7 Å². The summed E-state index contributed by atoms with van der Waals surface area (Å²) in [5.41, 5.74) is -1.15. The molecule has 0 radical (unpaired) electrons. The Labute approximate surface area is 211 Å². The van der Waals surface area contributed by atoms with Crippen molar-refractivity contribution >= 4 is 50.7 Å². The lowest BCUT2D eigenvalue weighted by Gasteiger charge is -2.31. The molecule has 0 spiro atoms. The van der Waals surface area contributed by atoms with Gasteiger partial charge in [-0.25, -0.2) is 8.42 Å². The molecule has 0 fully saturated rings. The van der Waals surface area contributed by atoms with Crippen molar-refractivity contribution in [2.24, 2.45) is 0 Å². The number of likely N-dealkylation sites (N-methyl/N-ethyl adjacent to an activating group) is 1. The average molecular weight is 554 g/mol. The predicted octanol–water partition coefficient (Wildman–Crippen LogP) is 4.33. The minimum absolute atomic E-state index is 0.136. The molecule has 13 heteroatoms. The van der Waals surface area contributed by atoms with Gasteiger partial charge >= 0.3 is 6.18 Å². The third-order valence-corrected chi connectivity index (χ3v) is 6.88. The van der Waals surface area contributed by atoms with Crippen molar-refractivity contribution in [2.45, 2.75) is 32.6 Å². The molecule has 2 rings (SSSR count). The maximum atomic E-state index is 13.3. The fourth-order valence-electron chi connectivity index (χ4n) is 3.21. The highest BCUT2D eigenvalue weighted by atomic mass is 35.5. The summed E-state index contributed by atoms with van der Waals surface area (Å²) in [7, 11) is -4.21. The van der Waals surface area contributed by atoms with E-state index in [0.717, 1.165) is 23.3 Å². The summed E-state index contributed by atoms with van der Waals surface area (Å²) in [6.07, 6.45) is -4.09. The first-order valence-electron chi connectivity index (χ1n) is 10.3. The number of benzene rings is 2. The number of hydrogen-bond acceptors (Lipinski definition) is 4. The lowest BCUT2D eigenvalue weighted by Crippen LogP contribution is -2.51. The van der Waals surface area contributed by atoms with E-state index in [1.165, 1.54) is 6.92 Å². The van der Waals surface area contributed by atoms with Crippen LogP contribution in [0.5, 0.6) is 0 Å². The number of anilines is 1. The molecule has 2 amide bonds. The van der Waals surface area contributed by atoms with Gasteiger partial charge in [0.15, 0.2) is 0 Å². The zero-order valence-electron chi connectivity index (χ0n) is 19.1. The highest BCUT2D eigenvalue weighted by Crippen LogP contribution is 2.37. The van der Waals surface area contributed by atoms with Gasteiger partial charge in [-0.2, -0.15) is 13.2 Å². The minimum atomic E-state index is -4.84. The molecule has 35 heavy (non-hydrogen) atoms. The van der Waals surface area contributed by atoms with Crippen LogP contribution in [-0.4, -0.2) is 50.5 Å². The van der Waals surface area contributed by atoms with Crippen molar-refractivity contribution in [3.05, 3.63) is 63.6 Å². The van der Waals surface area contributed by atoms with Gasteiger partial charge in [0.1, 0.15) is 12.6 Å². The molecule has 7 nitrogen and oxygen atoms in total. The highest BCUT2D eigenvalue weighted by Gasteiger charge is 2.35. The second-order valence-corrected chi connectivity index (χ2v) is 10.3. The third-order valence-electron chi connectivity index (χ3n) is 5.04. The van der Waals surface area contributed by atoms with E-state index in [9.17, 15) is 31.2 Å². The molecule has 1 unspecified atom stereocenters. The number of amides is 2. The molecule has 2 aromatic carbocycles. The van der Waals surface area contributed by atoms with Crippen LogP contribution in [0.25, 0.3) is 0 Å². The molecule has 0 bridgehead atoms. The molecule has 1 atom stereocenters. The SMILES string of the molecule is CCNC(=O)C(C)N(Cc1ccccc1Cl)C(=O)CN(c1ccc(Cl)c(C(F)(F)F)c1)S(C)(=O)=O. The van der Waals surface area contributed by atoms with E-state index < -0.39 is 56.9 Å². The highest BCUT2D eigenvalue weighted by molar-refractivity contribution is 7.92. The summed E-state index contributed by atoms with van der Waals surface area (Å²) in [5, 5.41) is 2.29. The molecule has 0 saturated heterocycles. The lowest BCUT2D eigenvalue weighted by molar-refractivity contribution is -0.139. The Hall–Kier alpha value is -2.50. The monoisotopic (exact) mass is 553 g/mol. The summed E-state index contributed by atoms with van der Waals surface area (Å²) < 4.78 is 65.5. The van der Waals surface area contributed by atoms with Crippen molar-refractivity contribution in [1.29, 1.82) is 0 Å². The largest absolute Gasteiger partial charge is 0.417 e. The minimum Gasteiger partial charge on any atom is -0.355 e. The Morgan fingerprint density at radius 1 is 1.09 bits per heavy atom. The fourth-order valence-corrected chi connectivity index (χ4v) is 4.48. The van der Waals surface area contributed by atoms with E-state index in [1.54, 1.807) is 31.2 Å². The number of alkyl halides is 3. The number of carbonyl (C=O) groups is 2. The first kappa shape index (κ1) is 28.7. The smallest absolute Gasteiger partial charge is 0.355 e. The standard InChI is InChI=1S/C22H24Cl2F3N3O4S/c1-4-28-21(32)14(2)29(12-15-7-5-6-8-18(15)23)20(31)13-30(35(3,33)34)16-9-10-19(24)17(11-16)22(25,26)27/h5-11,14H,4,12-13H2,1-3H3,(H,28,32). The predicted molar refractivity (Wildman–Crippen MR) is 129 cm³/mol. The van der Waals surface area contributed by atoms with E-state index in [4.69, 9.17) is 23.2 Å². The molecule has 0 aliphatic carbocycles. The van der Waals surface area contributed by atoms with Crippen LogP contribution in [0.3, 0.4) is 0 Å². The number of nitrogens with zero attached hydrogens (tertiary/aromatic N) is 2. The molecular formula is C22H24Cl2F3N3O4S. The fraction of sp³-hybridized carbons (Fsp3) is 0.364. The van der Waals surface area contributed by atoms with E-state index in [0.29, 0.717) is 21.0 Å². The molecular weight excluding hydrogens is 530 g/mol. The van der Waals surface area contributed by atoms with Crippen LogP contribution < -0.4 is 9.62 Å². The molecule has 2 aromatic rings. The summed E-state index contributed by atoms with van der Waals surface area (Å²) in [5.74, 6) is -1.32. The normalized spacial score (nSPS) is 12.7. The number of hydrogen-bond donors (Lipinski definition) is 1. The van der Waals surface area contributed by atoms with Crippen molar-refractivity contribution < 1.29 is 31.2 Å². The molecule has 0 aromatic heterocycles. The molecule has 0 aliphatic rings.